The van der Waals surface area contributed by atoms with Gasteiger partial charge in [-0.15, -0.1) is 0 Å². The smallest absolute Gasteiger partial charge is 0.248 e. The van der Waals surface area contributed by atoms with E-state index in [-0.39, 0.29) is 46.9 Å². The number of carbonyl (C=O) groups excluding carboxylic acids is 3. The van der Waals surface area contributed by atoms with E-state index in [0.29, 0.717) is 22.5 Å². The number of carbonyl (C=O) groups is 3. The van der Waals surface area contributed by atoms with Gasteiger partial charge in [0.2, 0.25) is 17.7 Å². The zero-order chi connectivity index (χ0) is 22.9. The molecule has 1 aliphatic heterocycles. The second kappa shape index (κ2) is 7.71. The van der Waals surface area contributed by atoms with Crippen LogP contribution in [0.15, 0.2) is 60.7 Å². The quantitative estimate of drug-likeness (QED) is 0.502. The summed E-state index contributed by atoms with van der Waals surface area (Å²) < 4.78 is 0. The first-order chi connectivity index (χ1) is 16.0. The number of hydrogen-bond donors (Lipinski definition) is 1. The molecule has 3 amide bonds. The van der Waals surface area contributed by atoms with Gasteiger partial charge in [-0.1, -0.05) is 71.8 Å². The summed E-state index contributed by atoms with van der Waals surface area (Å²) in [4.78, 5) is 42.1. The summed E-state index contributed by atoms with van der Waals surface area (Å²) >= 11 is 12.4. The van der Waals surface area contributed by atoms with E-state index in [0.717, 1.165) is 12.0 Å². The summed E-state index contributed by atoms with van der Waals surface area (Å²) in [5.74, 6) is -0.369. The molecule has 1 heterocycles. The van der Waals surface area contributed by atoms with Gasteiger partial charge >= 0.3 is 0 Å². The third kappa shape index (κ3) is 3.24. The average Bonchev–Trinajstić information content (AvgIpc) is 3.60. The van der Waals surface area contributed by atoms with Crippen LogP contribution < -0.4 is 5.32 Å². The van der Waals surface area contributed by atoms with Crippen LogP contribution in [-0.2, 0) is 20.8 Å². The lowest BCUT2D eigenvalue weighted by Crippen LogP contribution is -2.49. The predicted molar refractivity (Wildman–Crippen MR) is 126 cm³/mol. The maximum Gasteiger partial charge on any atom is 0.248 e. The van der Waals surface area contributed by atoms with Gasteiger partial charge < -0.3 is 5.32 Å². The predicted octanol–water partition coefficient (Wildman–Crippen LogP) is 4.60. The summed E-state index contributed by atoms with van der Waals surface area (Å²) in [6.07, 6.45) is 5.59. The summed E-state index contributed by atoms with van der Waals surface area (Å²) in [7, 11) is 0. The van der Waals surface area contributed by atoms with Crippen molar-refractivity contribution in [3.05, 3.63) is 76.3 Å². The molecule has 2 aromatic rings. The summed E-state index contributed by atoms with van der Waals surface area (Å²) in [5.41, 5.74) is 1.22. The van der Waals surface area contributed by atoms with E-state index in [1.54, 1.807) is 18.2 Å². The molecular formula is C26H22Cl2N2O3. The third-order valence-corrected chi connectivity index (χ3v) is 8.61. The van der Waals surface area contributed by atoms with Gasteiger partial charge in [-0.05, 0) is 47.8 Å². The minimum absolute atomic E-state index is 0.106. The molecule has 4 aliphatic carbocycles. The molecule has 168 valence electrons. The lowest BCUT2D eigenvalue weighted by atomic mass is 9.63. The van der Waals surface area contributed by atoms with Crippen molar-refractivity contribution < 1.29 is 14.4 Å². The summed E-state index contributed by atoms with van der Waals surface area (Å²) in [6, 6.07) is 13.4. The number of nitrogens with zero attached hydrogens (tertiary/aromatic N) is 1. The molecule has 0 aromatic heterocycles. The van der Waals surface area contributed by atoms with Gasteiger partial charge in [0.15, 0.2) is 0 Å². The standard InChI is InChI=1S/C26H22Cl2N2O3/c27-18-7-4-8-19(23(18)28)29-24(31)20(11-13-5-2-1-3-6-13)30-25(32)21-14-9-10-15(17-12-16(14)17)22(21)26(30)33/h1-10,14-17,20-22H,11-12H2,(H,29,31)/t14-,15-,16-,17-,20-,21-,22+/m0/s1. The van der Waals surface area contributed by atoms with E-state index in [9.17, 15) is 14.4 Å². The number of amides is 3. The van der Waals surface area contributed by atoms with Gasteiger partial charge in [0.25, 0.3) is 0 Å². The van der Waals surface area contributed by atoms with E-state index in [1.807, 2.05) is 30.3 Å². The number of imide groups is 1. The first-order valence-corrected chi connectivity index (χ1v) is 12.1. The molecule has 2 bridgehead atoms. The number of allylic oxidation sites excluding steroid dienone is 2. The van der Waals surface area contributed by atoms with Gasteiger partial charge in [-0.2, -0.15) is 0 Å². The van der Waals surface area contributed by atoms with Gasteiger partial charge in [0, 0.05) is 6.42 Å². The second-order valence-electron chi connectivity index (χ2n) is 9.50. The van der Waals surface area contributed by atoms with Crippen LogP contribution in [0.4, 0.5) is 5.69 Å². The number of rotatable bonds is 5. The Hall–Kier alpha value is -2.63. The molecule has 7 heteroatoms. The first kappa shape index (κ1) is 20.9. The number of halogens is 2. The fourth-order valence-corrected chi connectivity index (χ4v) is 6.59. The lowest BCUT2D eigenvalue weighted by molar-refractivity contribution is -0.146. The lowest BCUT2D eigenvalue weighted by Gasteiger charge is -2.37. The number of likely N-dealkylation sites (tertiary alicyclic amines) is 1. The topological polar surface area (TPSA) is 66.5 Å². The Morgan fingerprint density at radius 1 is 0.939 bits per heavy atom. The molecule has 7 rings (SSSR count). The SMILES string of the molecule is O=C(Nc1cccc(Cl)c1Cl)[C@H](Cc1ccccc1)N1C(=O)[C@@H]2[C@H]3C=C[C@@H]([C@@H]4C[C@@H]34)[C@@H]2C1=O. The highest BCUT2D eigenvalue weighted by Gasteiger charge is 2.67. The van der Waals surface area contributed by atoms with Gasteiger partial charge in [-0.25, -0.2) is 0 Å². The van der Waals surface area contributed by atoms with E-state index >= 15 is 0 Å². The van der Waals surface area contributed by atoms with Gasteiger partial charge in [0.05, 0.1) is 27.6 Å². The maximum absolute atomic E-state index is 13.7. The van der Waals surface area contributed by atoms with E-state index < -0.39 is 11.9 Å². The molecule has 7 atom stereocenters. The molecule has 0 radical (unpaired) electrons. The fraction of sp³-hybridized carbons (Fsp3) is 0.346. The number of hydrogen-bond acceptors (Lipinski definition) is 3. The van der Waals surface area contributed by atoms with Crippen molar-refractivity contribution >= 4 is 46.6 Å². The van der Waals surface area contributed by atoms with Crippen molar-refractivity contribution in [1.82, 2.24) is 4.90 Å². The molecule has 2 saturated carbocycles. The van der Waals surface area contributed by atoms with Crippen molar-refractivity contribution in [2.24, 2.45) is 35.5 Å². The molecule has 0 spiro atoms. The van der Waals surface area contributed by atoms with Crippen LogP contribution in [0.25, 0.3) is 0 Å². The monoisotopic (exact) mass is 480 g/mol. The number of benzene rings is 2. The fourth-order valence-electron chi connectivity index (χ4n) is 6.24. The third-order valence-electron chi connectivity index (χ3n) is 7.79. The zero-order valence-corrected chi connectivity index (χ0v) is 19.2. The molecule has 1 saturated heterocycles. The molecule has 5 nitrogen and oxygen atoms in total. The molecule has 1 N–H and O–H groups in total. The summed E-state index contributed by atoms with van der Waals surface area (Å²) in [6.45, 7) is 0. The molecule has 5 aliphatic rings. The molecule has 33 heavy (non-hydrogen) atoms. The van der Waals surface area contributed by atoms with Crippen LogP contribution in [-0.4, -0.2) is 28.7 Å². The maximum atomic E-state index is 13.7. The normalized spacial score (nSPS) is 31.9. The van der Waals surface area contributed by atoms with Crippen molar-refractivity contribution in [1.29, 1.82) is 0 Å². The minimum Gasteiger partial charge on any atom is -0.323 e. The Morgan fingerprint density at radius 2 is 1.58 bits per heavy atom. The largest absolute Gasteiger partial charge is 0.323 e. The highest BCUT2D eigenvalue weighted by Crippen LogP contribution is 2.65. The van der Waals surface area contributed by atoms with E-state index in [4.69, 9.17) is 23.2 Å². The van der Waals surface area contributed by atoms with Crippen molar-refractivity contribution in [2.75, 3.05) is 5.32 Å². The van der Waals surface area contributed by atoms with E-state index in [1.165, 1.54) is 4.90 Å². The Labute approximate surface area is 201 Å². The van der Waals surface area contributed by atoms with Crippen molar-refractivity contribution in [3.63, 3.8) is 0 Å². The number of nitrogens with one attached hydrogen (secondary N) is 1. The zero-order valence-electron chi connectivity index (χ0n) is 17.7. The molecular weight excluding hydrogens is 459 g/mol. The van der Waals surface area contributed by atoms with Gasteiger partial charge in [-0.3, -0.25) is 19.3 Å². The molecule has 2 aromatic carbocycles. The van der Waals surface area contributed by atoms with Gasteiger partial charge in [0.1, 0.15) is 6.04 Å². The molecule has 0 unspecified atom stereocenters. The Bertz CT molecular complexity index is 1160. The summed E-state index contributed by atoms with van der Waals surface area (Å²) in [5, 5.41) is 3.35. The number of anilines is 1. The average molecular weight is 481 g/mol. The van der Waals surface area contributed by atoms with Crippen LogP contribution in [0.5, 0.6) is 0 Å². The van der Waals surface area contributed by atoms with Crippen molar-refractivity contribution in [3.8, 4) is 0 Å². The van der Waals surface area contributed by atoms with Crippen LogP contribution in [0.1, 0.15) is 12.0 Å². The van der Waals surface area contributed by atoms with Crippen LogP contribution >= 0.6 is 23.2 Å². The van der Waals surface area contributed by atoms with Crippen LogP contribution in [0.2, 0.25) is 10.0 Å². The van der Waals surface area contributed by atoms with Crippen molar-refractivity contribution in [2.45, 2.75) is 18.9 Å². The molecule has 3 fully saturated rings. The van der Waals surface area contributed by atoms with Crippen LogP contribution in [0.3, 0.4) is 0 Å². The van der Waals surface area contributed by atoms with Crippen LogP contribution in [0, 0.1) is 35.5 Å². The van der Waals surface area contributed by atoms with E-state index in [2.05, 4.69) is 17.5 Å². The minimum atomic E-state index is -0.969. The second-order valence-corrected chi connectivity index (χ2v) is 10.3. The highest BCUT2D eigenvalue weighted by molar-refractivity contribution is 6.44. The first-order valence-electron chi connectivity index (χ1n) is 11.3. The highest BCUT2D eigenvalue weighted by atomic mass is 35.5. The Balaban J connectivity index is 1.34. The Morgan fingerprint density at radius 3 is 2.21 bits per heavy atom. The Kier molecular flexibility index (Phi) is 4.89.